The second-order valence-corrected chi connectivity index (χ2v) is 13.8. The topological polar surface area (TPSA) is 186 Å². The standard InChI is InChI=1S/C30H47N5O8/c1-15-18-13-35(22(21(15)18)26(38)32-19(12-16-10-11-16)23(36)25(31)37)27(39)24(30(2,3)4)34-28(40)33-20(14-43-29(41)42-5)17-8-6-7-9-17/h15-22,24H,6-14H2,1-5H3,(H2,31,37)(H,32,38)(H2,33,34,40)/t15-,18+,19?,20+,21-,22?,24?/m0/s1. The maximum atomic E-state index is 14.1. The zero-order valence-electron chi connectivity index (χ0n) is 25.9. The number of carbonyl (C=O) groups is 6. The first-order valence-electron chi connectivity index (χ1n) is 15.4. The van der Waals surface area contributed by atoms with Crippen LogP contribution in [0, 0.1) is 35.0 Å². The number of nitrogens with one attached hydrogen (secondary N) is 3. The van der Waals surface area contributed by atoms with Crippen molar-refractivity contribution in [3.63, 3.8) is 0 Å². The number of nitrogens with zero attached hydrogens (tertiary/aromatic N) is 1. The minimum atomic E-state index is -1.10. The van der Waals surface area contributed by atoms with Crippen molar-refractivity contribution in [3.8, 4) is 0 Å². The molecule has 0 radical (unpaired) electrons. The maximum absolute atomic E-state index is 14.1. The molecule has 1 aliphatic heterocycles. The third kappa shape index (κ3) is 7.77. The molecule has 0 aromatic heterocycles. The number of ether oxygens (including phenoxy) is 2. The number of primary amides is 1. The molecule has 4 rings (SSSR count). The van der Waals surface area contributed by atoms with Crippen LogP contribution in [0.15, 0.2) is 0 Å². The van der Waals surface area contributed by atoms with Gasteiger partial charge < -0.3 is 36.1 Å². The Labute approximate surface area is 252 Å². The van der Waals surface area contributed by atoms with Crippen molar-refractivity contribution in [2.45, 2.75) is 96.8 Å². The third-order valence-electron chi connectivity index (χ3n) is 9.66. The van der Waals surface area contributed by atoms with E-state index in [-0.39, 0.29) is 36.2 Å². The molecule has 0 aromatic rings. The Balaban J connectivity index is 1.47. The van der Waals surface area contributed by atoms with E-state index in [0.29, 0.717) is 13.0 Å². The van der Waals surface area contributed by atoms with Crippen LogP contribution in [-0.4, -0.2) is 85.0 Å². The Hall–Kier alpha value is -3.38. The monoisotopic (exact) mass is 605 g/mol. The molecule has 3 saturated carbocycles. The Bertz CT molecular complexity index is 1110. The first-order chi connectivity index (χ1) is 20.2. The van der Waals surface area contributed by atoms with Crippen molar-refractivity contribution >= 4 is 35.7 Å². The fourth-order valence-electron chi connectivity index (χ4n) is 6.86. The minimum Gasteiger partial charge on any atom is -0.438 e. The quantitative estimate of drug-likeness (QED) is 0.190. The smallest absolute Gasteiger partial charge is 0.438 e. The van der Waals surface area contributed by atoms with Gasteiger partial charge in [0.1, 0.15) is 18.7 Å². The highest BCUT2D eigenvalue weighted by molar-refractivity contribution is 6.37. The van der Waals surface area contributed by atoms with Crippen LogP contribution in [0.5, 0.6) is 0 Å². The van der Waals surface area contributed by atoms with Crippen LogP contribution in [0.3, 0.4) is 0 Å². The summed E-state index contributed by atoms with van der Waals surface area (Å²) in [6, 6.07) is -3.86. The van der Waals surface area contributed by atoms with Gasteiger partial charge in [-0.1, -0.05) is 53.4 Å². The molecule has 0 spiro atoms. The summed E-state index contributed by atoms with van der Waals surface area (Å²) in [7, 11) is 1.21. The number of likely N-dealkylation sites (tertiary alicyclic amines) is 1. The van der Waals surface area contributed by atoms with Crippen LogP contribution in [0.25, 0.3) is 0 Å². The summed E-state index contributed by atoms with van der Waals surface area (Å²) in [5, 5.41) is 8.49. The van der Waals surface area contributed by atoms with Crippen molar-refractivity contribution in [1.29, 1.82) is 0 Å². The number of urea groups is 1. The lowest BCUT2D eigenvalue weighted by molar-refractivity contribution is -0.144. The van der Waals surface area contributed by atoms with E-state index in [1.165, 1.54) is 12.0 Å². The first-order valence-corrected chi connectivity index (χ1v) is 15.4. The molecule has 13 nitrogen and oxygen atoms in total. The number of hydrogen-bond acceptors (Lipinski definition) is 8. The molecule has 5 amide bonds. The lowest BCUT2D eigenvalue weighted by atomic mass is 9.85. The van der Waals surface area contributed by atoms with Gasteiger partial charge >= 0.3 is 12.2 Å². The SMILES string of the molecule is COC(=O)OC[C@@H](NC(=O)NC(C(=O)N1C[C@@H]2[C@H](C)[C@@H]2C1C(=O)NC(CC1CC1)C(=O)C(N)=O)C(C)(C)C)C1CCCC1. The summed E-state index contributed by atoms with van der Waals surface area (Å²) in [4.78, 5) is 78.4. The molecular weight excluding hydrogens is 558 g/mol. The van der Waals surface area contributed by atoms with Crippen LogP contribution in [0.4, 0.5) is 9.59 Å². The van der Waals surface area contributed by atoms with Crippen LogP contribution in [-0.2, 0) is 28.7 Å². The van der Waals surface area contributed by atoms with Crippen LogP contribution in [0.2, 0.25) is 0 Å². The molecule has 3 aliphatic carbocycles. The number of amides is 5. The predicted molar refractivity (Wildman–Crippen MR) is 154 cm³/mol. The molecule has 1 saturated heterocycles. The molecule has 1 heterocycles. The van der Waals surface area contributed by atoms with E-state index in [0.717, 1.165) is 38.5 Å². The second kappa shape index (κ2) is 13.1. The first kappa shape index (κ1) is 32.5. The highest BCUT2D eigenvalue weighted by Crippen LogP contribution is 2.55. The highest BCUT2D eigenvalue weighted by Gasteiger charge is 2.63. The number of rotatable bonds is 12. The van der Waals surface area contributed by atoms with Crippen molar-refractivity contribution in [2.75, 3.05) is 20.3 Å². The fourth-order valence-corrected chi connectivity index (χ4v) is 6.86. The molecule has 0 aromatic carbocycles. The van der Waals surface area contributed by atoms with Gasteiger partial charge in [-0.25, -0.2) is 9.59 Å². The minimum absolute atomic E-state index is 0.0550. The van der Waals surface area contributed by atoms with E-state index in [1.54, 1.807) is 0 Å². The van der Waals surface area contributed by atoms with E-state index in [4.69, 9.17) is 10.5 Å². The molecule has 5 N–H and O–H groups in total. The molecule has 43 heavy (non-hydrogen) atoms. The van der Waals surface area contributed by atoms with Gasteiger partial charge in [-0.2, -0.15) is 0 Å². The van der Waals surface area contributed by atoms with E-state index >= 15 is 0 Å². The molecule has 3 unspecified atom stereocenters. The Morgan fingerprint density at radius 3 is 2.19 bits per heavy atom. The summed E-state index contributed by atoms with van der Waals surface area (Å²) in [5.74, 6) is -2.17. The van der Waals surface area contributed by atoms with Gasteiger partial charge in [-0.3, -0.25) is 19.2 Å². The molecule has 4 fully saturated rings. The molecule has 240 valence electrons. The van der Waals surface area contributed by atoms with E-state index in [2.05, 4.69) is 20.7 Å². The van der Waals surface area contributed by atoms with Crippen LogP contribution < -0.4 is 21.7 Å². The third-order valence-corrected chi connectivity index (χ3v) is 9.66. The molecule has 7 atom stereocenters. The average Bonchev–Trinajstić information content (AvgIpc) is 3.71. The largest absolute Gasteiger partial charge is 0.508 e. The normalized spacial score (nSPS) is 26.9. The number of piperidine rings is 1. The summed E-state index contributed by atoms with van der Waals surface area (Å²) in [6.07, 6.45) is 5.12. The molecule has 0 bridgehead atoms. The van der Waals surface area contributed by atoms with E-state index in [9.17, 15) is 28.8 Å². The Morgan fingerprint density at radius 2 is 1.63 bits per heavy atom. The number of carbonyl (C=O) groups excluding carboxylic acids is 6. The lowest BCUT2D eigenvalue weighted by Crippen LogP contribution is -2.62. The predicted octanol–water partition coefficient (Wildman–Crippen LogP) is 1.47. The van der Waals surface area contributed by atoms with Gasteiger partial charge in [0.15, 0.2) is 0 Å². The summed E-state index contributed by atoms with van der Waals surface area (Å²) in [6.45, 7) is 7.82. The molecular formula is C30H47N5O8. The van der Waals surface area contributed by atoms with Gasteiger partial charge in [0.25, 0.3) is 5.91 Å². The van der Waals surface area contributed by atoms with Crippen LogP contribution >= 0.6 is 0 Å². The van der Waals surface area contributed by atoms with Gasteiger partial charge in [0.05, 0.1) is 19.2 Å². The summed E-state index contributed by atoms with van der Waals surface area (Å²) >= 11 is 0. The van der Waals surface area contributed by atoms with Gasteiger partial charge in [-0.15, -0.1) is 0 Å². The average molecular weight is 606 g/mol. The van der Waals surface area contributed by atoms with Crippen molar-refractivity contribution in [3.05, 3.63) is 0 Å². The van der Waals surface area contributed by atoms with E-state index in [1.807, 2.05) is 27.7 Å². The lowest BCUT2D eigenvalue weighted by Gasteiger charge is -2.37. The Kier molecular flexibility index (Phi) is 9.90. The van der Waals surface area contributed by atoms with Gasteiger partial charge in [0, 0.05) is 6.54 Å². The second-order valence-electron chi connectivity index (χ2n) is 13.8. The zero-order chi connectivity index (χ0) is 31.6. The van der Waals surface area contributed by atoms with Crippen molar-refractivity contribution < 1.29 is 38.2 Å². The molecule has 13 heteroatoms. The highest BCUT2D eigenvalue weighted by atomic mass is 16.7. The van der Waals surface area contributed by atoms with Gasteiger partial charge in [-0.05, 0) is 54.3 Å². The van der Waals surface area contributed by atoms with Crippen LogP contribution in [0.1, 0.15) is 72.6 Å². The number of Topliss-reactive ketones (excluding diaryl/α,β-unsaturated/α-hetero) is 1. The molecule has 4 aliphatic rings. The number of methoxy groups -OCH3 is 1. The summed E-state index contributed by atoms with van der Waals surface area (Å²) < 4.78 is 9.72. The van der Waals surface area contributed by atoms with Gasteiger partial charge in [0.2, 0.25) is 17.6 Å². The van der Waals surface area contributed by atoms with Crippen molar-refractivity contribution in [1.82, 2.24) is 20.9 Å². The number of ketones is 1. The number of fused-ring (bicyclic) bond motifs is 1. The van der Waals surface area contributed by atoms with E-state index < -0.39 is 65.3 Å². The maximum Gasteiger partial charge on any atom is 0.508 e. The zero-order valence-corrected chi connectivity index (χ0v) is 25.9. The Morgan fingerprint density at radius 1 is 0.977 bits per heavy atom. The van der Waals surface area contributed by atoms with Crippen molar-refractivity contribution in [2.24, 2.45) is 40.7 Å². The number of nitrogens with two attached hydrogens (primary N) is 1. The summed E-state index contributed by atoms with van der Waals surface area (Å²) in [5.41, 5.74) is 4.55. The number of hydrogen-bond donors (Lipinski definition) is 4. The fraction of sp³-hybridized carbons (Fsp3) is 0.800.